The van der Waals surface area contributed by atoms with Gasteiger partial charge in [-0.05, 0) is 36.3 Å². The summed E-state index contributed by atoms with van der Waals surface area (Å²) in [5, 5.41) is 0.0420. The first-order chi connectivity index (χ1) is 14.4. The minimum Gasteiger partial charge on any atom is -0.414 e. The Morgan fingerprint density at radius 1 is 1.00 bits per heavy atom. The largest absolute Gasteiger partial charge is 0.414 e. The van der Waals surface area contributed by atoms with Gasteiger partial charge in [0.05, 0.1) is 6.61 Å². The fourth-order valence-corrected chi connectivity index (χ4v) is 5.44. The number of rotatable bonds is 7. The lowest BCUT2D eigenvalue weighted by Gasteiger charge is -2.41. The molecule has 1 N–H and O–H groups in total. The smallest absolute Gasteiger partial charge is 0.330 e. The van der Waals surface area contributed by atoms with Crippen molar-refractivity contribution in [1.29, 1.82) is 0 Å². The van der Waals surface area contributed by atoms with E-state index in [4.69, 9.17) is 18.3 Å². The third kappa shape index (κ3) is 5.71. The summed E-state index contributed by atoms with van der Waals surface area (Å²) >= 11 is 0. The molecule has 0 aromatic carbocycles. The third-order valence-corrected chi connectivity index (χ3v) is 16.3. The second-order valence-electron chi connectivity index (χ2n) is 11.7. The Kier molecular flexibility index (Phi) is 7.91. The molecule has 0 saturated carbocycles. The van der Waals surface area contributed by atoms with E-state index in [2.05, 4.69) is 72.7 Å². The number of H-pyrrole nitrogens is 1. The van der Waals surface area contributed by atoms with E-state index in [1.165, 1.54) is 16.8 Å². The van der Waals surface area contributed by atoms with E-state index in [1.54, 1.807) is 7.11 Å². The van der Waals surface area contributed by atoms with Crippen LogP contribution >= 0.6 is 0 Å². The molecule has 8 nitrogen and oxygen atoms in total. The van der Waals surface area contributed by atoms with Gasteiger partial charge in [-0.25, -0.2) is 4.79 Å². The quantitative estimate of drug-likeness (QED) is 0.589. The summed E-state index contributed by atoms with van der Waals surface area (Å²) in [7, 11) is -2.62. The van der Waals surface area contributed by atoms with Crippen LogP contribution in [-0.4, -0.2) is 58.2 Å². The number of nitrogens with zero attached hydrogens (tertiary/aromatic N) is 1. The first kappa shape index (κ1) is 27.2. The second kappa shape index (κ2) is 9.30. The van der Waals surface area contributed by atoms with Crippen LogP contribution in [0, 0.1) is 0 Å². The van der Waals surface area contributed by atoms with Gasteiger partial charge in [0, 0.05) is 19.4 Å². The van der Waals surface area contributed by atoms with Gasteiger partial charge in [0.1, 0.15) is 18.3 Å². The summed E-state index contributed by atoms with van der Waals surface area (Å²) in [4.78, 5) is 26.4. The number of ether oxygens (including phenoxy) is 2. The van der Waals surface area contributed by atoms with Gasteiger partial charge >= 0.3 is 5.69 Å². The Labute approximate surface area is 193 Å². The Morgan fingerprint density at radius 2 is 1.56 bits per heavy atom. The van der Waals surface area contributed by atoms with Crippen molar-refractivity contribution in [3.63, 3.8) is 0 Å². The molecule has 1 aromatic heterocycles. The Hall–Kier alpha value is -1.05. The van der Waals surface area contributed by atoms with Crippen molar-refractivity contribution in [2.75, 3.05) is 13.7 Å². The van der Waals surface area contributed by atoms with Gasteiger partial charge in [0.15, 0.2) is 22.9 Å². The van der Waals surface area contributed by atoms with Crippen LogP contribution in [0.2, 0.25) is 36.3 Å². The minimum atomic E-state index is -2.18. The fourth-order valence-electron chi connectivity index (χ4n) is 3.11. The van der Waals surface area contributed by atoms with Gasteiger partial charge in [0.25, 0.3) is 5.56 Å². The molecular formula is C22H42N2O6Si2. The summed E-state index contributed by atoms with van der Waals surface area (Å²) in [6.45, 7) is 22.2. The zero-order chi connectivity index (χ0) is 24.7. The topological polar surface area (TPSA) is 91.8 Å². The first-order valence-corrected chi connectivity index (χ1v) is 17.0. The molecule has 10 heteroatoms. The predicted molar refractivity (Wildman–Crippen MR) is 131 cm³/mol. The molecule has 0 radical (unpaired) electrons. The van der Waals surface area contributed by atoms with E-state index in [0.717, 1.165) is 0 Å². The summed E-state index contributed by atoms with van der Waals surface area (Å²) in [6, 6.07) is 1.31. The Morgan fingerprint density at radius 3 is 2.03 bits per heavy atom. The van der Waals surface area contributed by atoms with E-state index in [9.17, 15) is 9.59 Å². The van der Waals surface area contributed by atoms with Crippen molar-refractivity contribution in [2.45, 2.75) is 102 Å². The van der Waals surface area contributed by atoms with Crippen molar-refractivity contribution in [1.82, 2.24) is 9.55 Å². The van der Waals surface area contributed by atoms with Gasteiger partial charge in [-0.2, -0.15) is 0 Å². The Balaban J connectivity index is 2.43. The highest BCUT2D eigenvalue weighted by Crippen LogP contribution is 2.43. The van der Waals surface area contributed by atoms with Crippen LogP contribution in [0.5, 0.6) is 0 Å². The lowest BCUT2D eigenvalue weighted by molar-refractivity contribution is -0.0613. The molecule has 4 atom stereocenters. The molecule has 1 aliphatic heterocycles. The summed E-state index contributed by atoms with van der Waals surface area (Å²) in [5.41, 5.74) is -0.994. The molecule has 0 amide bonds. The molecule has 1 fully saturated rings. The first-order valence-electron chi connectivity index (χ1n) is 11.2. The van der Waals surface area contributed by atoms with Crippen LogP contribution in [-0.2, 0) is 18.3 Å². The van der Waals surface area contributed by atoms with E-state index >= 15 is 0 Å². The van der Waals surface area contributed by atoms with Crippen LogP contribution in [0.4, 0.5) is 0 Å². The molecule has 0 aliphatic carbocycles. The zero-order valence-electron chi connectivity index (χ0n) is 21.6. The maximum Gasteiger partial charge on any atom is 0.330 e. The van der Waals surface area contributed by atoms with Crippen molar-refractivity contribution in [3.8, 4) is 0 Å². The monoisotopic (exact) mass is 486 g/mol. The average molecular weight is 487 g/mol. The lowest BCUT2D eigenvalue weighted by Crippen LogP contribution is -2.51. The molecule has 2 rings (SSSR count). The van der Waals surface area contributed by atoms with Crippen LogP contribution < -0.4 is 11.2 Å². The number of nitrogens with one attached hydrogen (secondary N) is 1. The average Bonchev–Trinajstić information content (AvgIpc) is 2.94. The van der Waals surface area contributed by atoms with Crippen LogP contribution in [0.25, 0.3) is 0 Å². The predicted octanol–water partition coefficient (Wildman–Crippen LogP) is 3.86. The molecule has 184 valence electrons. The number of hydrogen-bond donors (Lipinski definition) is 1. The second-order valence-corrected chi connectivity index (χ2v) is 21.3. The zero-order valence-corrected chi connectivity index (χ0v) is 23.6. The number of aromatic amines is 1. The SMILES string of the molecule is CO[C@@H]1C(O[Si](C)(C)C(C)(C)C)[C@@H](CO[Si](C)(C)C(C)(C)C)O[C@H]1n1ccc(=O)[nH]c1=O. The summed E-state index contributed by atoms with van der Waals surface area (Å²) in [6.07, 6.45) is -0.632. The maximum atomic E-state index is 12.5. The minimum absolute atomic E-state index is 0.0109. The molecular weight excluding hydrogens is 444 g/mol. The molecule has 32 heavy (non-hydrogen) atoms. The van der Waals surface area contributed by atoms with Gasteiger partial charge in [-0.3, -0.25) is 14.3 Å². The van der Waals surface area contributed by atoms with Gasteiger partial charge in [-0.15, -0.1) is 0 Å². The van der Waals surface area contributed by atoms with Crippen LogP contribution in [0.3, 0.4) is 0 Å². The highest BCUT2D eigenvalue weighted by Gasteiger charge is 2.52. The van der Waals surface area contributed by atoms with Crippen molar-refractivity contribution in [3.05, 3.63) is 33.1 Å². The normalized spacial score (nSPS) is 25.3. The summed E-state index contributed by atoms with van der Waals surface area (Å²) < 4.78 is 26.8. The molecule has 1 aromatic rings. The maximum absolute atomic E-state index is 12.5. The van der Waals surface area contributed by atoms with Crippen molar-refractivity contribution >= 4 is 16.6 Å². The van der Waals surface area contributed by atoms with E-state index in [0.29, 0.717) is 6.61 Å². The lowest BCUT2D eigenvalue weighted by atomic mass is 10.1. The van der Waals surface area contributed by atoms with Crippen molar-refractivity contribution < 1.29 is 18.3 Å². The number of aromatic nitrogens is 2. The highest BCUT2D eigenvalue weighted by atomic mass is 28.4. The van der Waals surface area contributed by atoms with Crippen LogP contribution in [0.1, 0.15) is 47.8 Å². The highest BCUT2D eigenvalue weighted by molar-refractivity contribution is 6.74. The van der Waals surface area contributed by atoms with Gasteiger partial charge in [0.2, 0.25) is 0 Å². The molecule has 0 spiro atoms. The van der Waals surface area contributed by atoms with Gasteiger partial charge < -0.3 is 18.3 Å². The third-order valence-electron chi connectivity index (χ3n) is 7.33. The molecule has 2 heterocycles. The molecule has 1 saturated heterocycles. The summed E-state index contributed by atoms with van der Waals surface area (Å²) in [5.74, 6) is 0. The number of hydrogen-bond acceptors (Lipinski definition) is 6. The molecule has 1 aliphatic rings. The van der Waals surface area contributed by atoms with Crippen molar-refractivity contribution in [2.24, 2.45) is 0 Å². The van der Waals surface area contributed by atoms with Crippen LogP contribution in [0.15, 0.2) is 21.9 Å². The Bertz CT molecular complexity index is 897. The van der Waals surface area contributed by atoms with Gasteiger partial charge in [-0.1, -0.05) is 41.5 Å². The molecule has 0 bridgehead atoms. The van der Waals surface area contributed by atoms with E-state index in [1.807, 2.05) is 0 Å². The molecule has 1 unspecified atom stereocenters. The van der Waals surface area contributed by atoms with E-state index < -0.39 is 52.4 Å². The fraction of sp³-hybridized carbons (Fsp3) is 0.818. The standard InChI is InChI=1S/C22H42N2O6Si2/c1-21(2,3)31(8,9)28-14-15-17(30-32(10,11)22(4,5)6)18(27-7)19(29-15)24-13-12-16(25)23-20(24)26/h12-13,15,17-19H,14H2,1-11H3,(H,23,25,26)/t15-,17?,18-,19-/m1/s1. The number of methoxy groups -OCH3 is 1. The van der Waals surface area contributed by atoms with E-state index in [-0.39, 0.29) is 10.1 Å².